The predicted octanol–water partition coefficient (Wildman–Crippen LogP) is 3.39. The van der Waals surface area contributed by atoms with Gasteiger partial charge in [-0.2, -0.15) is 0 Å². The predicted molar refractivity (Wildman–Crippen MR) is 61.9 cm³/mol. The molecule has 1 N–H and O–H groups in total. The summed E-state index contributed by atoms with van der Waals surface area (Å²) in [5, 5.41) is 13.0. The molecule has 1 aromatic heterocycles. The van der Waals surface area contributed by atoms with E-state index in [1.165, 1.54) is 15.6 Å². The Kier molecular flexibility index (Phi) is 2.57. The Morgan fingerprint density at radius 2 is 2.00 bits per heavy atom. The van der Waals surface area contributed by atoms with Crippen molar-refractivity contribution >= 4 is 21.4 Å². The van der Waals surface area contributed by atoms with Gasteiger partial charge in [-0.15, -0.1) is 11.3 Å². The Balaban J connectivity index is 2.56. The highest BCUT2D eigenvalue weighted by atomic mass is 32.1. The zero-order chi connectivity index (χ0) is 10.1. The lowest BCUT2D eigenvalue weighted by Crippen LogP contribution is -2.10. The molecular weight excluding hydrogens is 192 g/mol. The van der Waals surface area contributed by atoms with Crippen LogP contribution in [-0.2, 0) is 0 Å². The van der Waals surface area contributed by atoms with Gasteiger partial charge in [0.1, 0.15) is 0 Å². The summed E-state index contributed by atoms with van der Waals surface area (Å²) in [7, 11) is 0. The minimum atomic E-state index is -0.289. The third kappa shape index (κ3) is 1.56. The van der Waals surface area contributed by atoms with Gasteiger partial charge in [-0.1, -0.05) is 25.1 Å². The fourth-order valence-electron chi connectivity index (χ4n) is 1.63. The summed E-state index contributed by atoms with van der Waals surface area (Å²) in [6.45, 7) is 3.91. The molecule has 0 aliphatic rings. The van der Waals surface area contributed by atoms with E-state index in [0.717, 1.165) is 0 Å². The molecule has 0 saturated carbocycles. The average Bonchev–Trinajstić information content (AvgIpc) is 2.63. The van der Waals surface area contributed by atoms with Crippen molar-refractivity contribution in [3.05, 3.63) is 35.2 Å². The summed E-state index contributed by atoms with van der Waals surface area (Å²) in [5.41, 5.74) is 1.26. The SMILES string of the molecule is CC(O)C(C)c1cccc2ccsc12. The lowest BCUT2D eigenvalue weighted by molar-refractivity contribution is 0.169. The topological polar surface area (TPSA) is 20.2 Å². The monoisotopic (exact) mass is 206 g/mol. The van der Waals surface area contributed by atoms with Gasteiger partial charge >= 0.3 is 0 Å². The number of rotatable bonds is 2. The van der Waals surface area contributed by atoms with E-state index in [1.807, 2.05) is 6.92 Å². The summed E-state index contributed by atoms with van der Waals surface area (Å²) in [5.74, 6) is 0.206. The molecule has 1 aromatic carbocycles. The van der Waals surface area contributed by atoms with E-state index in [4.69, 9.17) is 0 Å². The summed E-state index contributed by atoms with van der Waals surface area (Å²) >= 11 is 1.75. The lowest BCUT2D eigenvalue weighted by Gasteiger charge is -2.15. The van der Waals surface area contributed by atoms with Crippen LogP contribution >= 0.6 is 11.3 Å². The molecule has 0 aliphatic carbocycles. The van der Waals surface area contributed by atoms with Crippen molar-refractivity contribution in [2.45, 2.75) is 25.9 Å². The fraction of sp³-hybridized carbons (Fsp3) is 0.333. The molecule has 2 rings (SSSR count). The number of hydrogen-bond acceptors (Lipinski definition) is 2. The highest BCUT2D eigenvalue weighted by Crippen LogP contribution is 2.31. The molecule has 1 nitrogen and oxygen atoms in total. The molecule has 2 aromatic rings. The molecule has 74 valence electrons. The molecule has 2 unspecified atom stereocenters. The summed E-state index contributed by atoms with van der Waals surface area (Å²) in [4.78, 5) is 0. The average molecular weight is 206 g/mol. The van der Waals surface area contributed by atoms with E-state index < -0.39 is 0 Å². The number of hydrogen-bond donors (Lipinski definition) is 1. The molecule has 0 bridgehead atoms. The summed E-state index contributed by atoms with van der Waals surface area (Å²) in [6, 6.07) is 8.40. The summed E-state index contributed by atoms with van der Waals surface area (Å²) < 4.78 is 1.31. The van der Waals surface area contributed by atoms with Crippen LogP contribution in [0.5, 0.6) is 0 Å². The largest absolute Gasteiger partial charge is 0.393 e. The zero-order valence-electron chi connectivity index (χ0n) is 8.40. The van der Waals surface area contributed by atoms with Crippen LogP contribution in [0.3, 0.4) is 0 Å². The van der Waals surface area contributed by atoms with Crippen LogP contribution in [0.15, 0.2) is 29.6 Å². The number of benzene rings is 1. The maximum Gasteiger partial charge on any atom is 0.0578 e. The summed E-state index contributed by atoms with van der Waals surface area (Å²) in [6.07, 6.45) is -0.289. The molecule has 0 amide bonds. The van der Waals surface area contributed by atoms with E-state index in [0.29, 0.717) is 0 Å². The highest BCUT2D eigenvalue weighted by Gasteiger charge is 2.14. The van der Waals surface area contributed by atoms with Gasteiger partial charge in [0.2, 0.25) is 0 Å². The van der Waals surface area contributed by atoms with Crippen molar-refractivity contribution in [3.63, 3.8) is 0 Å². The van der Waals surface area contributed by atoms with Gasteiger partial charge < -0.3 is 5.11 Å². The molecule has 14 heavy (non-hydrogen) atoms. The van der Waals surface area contributed by atoms with Crippen molar-refractivity contribution in [3.8, 4) is 0 Å². The number of thiophene rings is 1. The van der Waals surface area contributed by atoms with Gasteiger partial charge in [0.25, 0.3) is 0 Å². The minimum Gasteiger partial charge on any atom is -0.393 e. The Morgan fingerprint density at radius 1 is 1.21 bits per heavy atom. The van der Waals surface area contributed by atoms with Gasteiger partial charge in [0, 0.05) is 10.6 Å². The maximum absolute atomic E-state index is 9.58. The third-order valence-electron chi connectivity index (χ3n) is 2.72. The van der Waals surface area contributed by atoms with E-state index in [1.54, 1.807) is 11.3 Å². The molecule has 1 heterocycles. The van der Waals surface area contributed by atoms with Crippen LogP contribution in [0.1, 0.15) is 25.3 Å². The normalized spacial score (nSPS) is 15.6. The Bertz CT molecular complexity index is 431. The van der Waals surface area contributed by atoms with Gasteiger partial charge in [-0.25, -0.2) is 0 Å². The Morgan fingerprint density at radius 3 is 2.71 bits per heavy atom. The zero-order valence-corrected chi connectivity index (χ0v) is 9.21. The first-order chi connectivity index (χ1) is 6.70. The first-order valence-electron chi connectivity index (χ1n) is 4.84. The Hall–Kier alpha value is -0.860. The van der Waals surface area contributed by atoms with Crippen LogP contribution in [0.2, 0.25) is 0 Å². The second-order valence-electron chi connectivity index (χ2n) is 3.72. The molecule has 0 fully saturated rings. The van der Waals surface area contributed by atoms with Crippen LogP contribution in [0.4, 0.5) is 0 Å². The molecule has 0 radical (unpaired) electrons. The standard InChI is InChI=1S/C12H14OS/c1-8(9(2)13)11-5-3-4-10-6-7-14-12(10)11/h3-9,13H,1-2H3. The van der Waals surface area contributed by atoms with Gasteiger partial charge in [-0.05, 0) is 29.3 Å². The van der Waals surface area contributed by atoms with E-state index in [9.17, 15) is 5.11 Å². The fourth-order valence-corrected chi connectivity index (χ4v) is 2.65. The quantitative estimate of drug-likeness (QED) is 0.798. The molecule has 0 spiro atoms. The van der Waals surface area contributed by atoms with E-state index >= 15 is 0 Å². The van der Waals surface area contributed by atoms with Crippen molar-refractivity contribution < 1.29 is 5.11 Å². The molecule has 2 atom stereocenters. The molecular formula is C12H14OS. The molecule has 0 aliphatic heterocycles. The first-order valence-corrected chi connectivity index (χ1v) is 5.72. The maximum atomic E-state index is 9.58. The second-order valence-corrected chi connectivity index (χ2v) is 4.63. The van der Waals surface area contributed by atoms with Gasteiger partial charge in [0.15, 0.2) is 0 Å². The van der Waals surface area contributed by atoms with Crippen LogP contribution in [-0.4, -0.2) is 11.2 Å². The molecule has 0 saturated heterocycles. The van der Waals surface area contributed by atoms with Crippen molar-refractivity contribution in [2.24, 2.45) is 0 Å². The van der Waals surface area contributed by atoms with Crippen LogP contribution < -0.4 is 0 Å². The van der Waals surface area contributed by atoms with Crippen molar-refractivity contribution in [1.82, 2.24) is 0 Å². The lowest BCUT2D eigenvalue weighted by atomic mass is 9.95. The van der Waals surface area contributed by atoms with Gasteiger partial charge in [-0.3, -0.25) is 0 Å². The van der Waals surface area contributed by atoms with Crippen molar-refractivity contribution in [2.75, 3.05) is 0 Å². The Labute approximate surface area is 88.0 Å². The molecule has 2 heteroatoms. The highest BCUT2D eigenvalue weighted by molar-refractivity contribution is 7.17. The second kappa shape index (κ2) is 3.71. The third-order valence-corrected chi connectivity index (χ3v) is 3.70. The smallest absolute Gasteiger partial charge is 0.0578 e. The van der Waals surface area contributed by atoms with Crippen LogP contribution in [0, 0.1) is 0 Å². The van der Waals surface area contributed by atoms with E-state index in [2.05, 4.69) is 36.6 Å². The number of aliphatic hydroxyl groups is 1. The first kappa shape index (κ1) is 9.69. The number of aliphatic hydroxyl groups excluding tert-OH is 1. The van der Waals surface area contributed by atoms with Crippen molar-refractivity contribution in [1.29, 1.82) is 0 Å². The van der Waals surface area contributed by atoms with E-state index in [-0.39, 0.29) is 12.0 Å². The van der Waals surface area contributed by atoms with Gasteiger partial charge in [0.05, 0.1) is 6.10 Å². The number of fused-ring (bicyclic) bond motifs is 1. The van der Waals surface area contributed by atoms with Crippen LogP contribution in [0.25, 0.3) is 10.1 Å². The minimum absolute atomic E-state index is 0.206.